The molecule has 3 heteroatoms. The van der Waals surface area contributed by atoms with E-state index in [-0.39, 0.29) is 5.82 Å². The third kappa shape index (κ3) is 2.78. The number of halogens is 1. The van der Waals surface area contributed by atoms with Crippen molar-refractivity contribution in [2.45, 2.75) is 32.7 Å². The fraction of sp³-hybridized carbons (Fsp3) is 0.571. The summed E-state index contributed by atoms with van der Waals surface area (Å²) in [4.78, 5) is 2.30. The summed E-state index contributed by atoms with van der Waals surface area (Å²) in [5.41, 5.74) is 1.83. The van der Waals surface area contributed by atoms with Gasteiger partial charge in [0.25, 0.3) is 0 Å². The van der Waals surface area contributed by atoms with Crippen LogP contribution in [-0.2, 0) is 0 Å². The Morgan fingerprint density at radius 2 is 2.06 bits per heavy atom. The molecule has 0 aliphatic carbocycles. The van der Waals surface area contributed by atoms with Gasteiger partial charge in [0.15, 0.2) is 0 Å². The Labute approximate surface area is 103 Å². The summed E-state index contributed by atoms with van der Waals surface area (Å²) in [5, 5.41) is 3.48. The van der Waals surface area contributed by atoms with Gasteiger partial charge in [-0.2, -0.15) is 0 Å². The van der Waals surface area contributed by atoms with E-state index in [1.807, 2.05) is 13.0 Å². The minimum absolute atomic E-state index is 0.101. The van der Waals surface area contributed by atoms with Gasteiger partial charge in [-0.05, 0) is 38.4 Å². The highest BCUT2D eigenvalue weighted by Gasteiger charge is 2.20. The second kappa shape index (κ2) is 5.50. The van der Waals surface area contributed by atoms with Crippen LogP contribution < -0.4 is 10.2 Å². The summed E-state index contributed by atoms with van der Waals surface area (Å²) in [6.07, 6.45) is 2.29. The number of nitrogens with one attached hydrogen (secondary N) is 1. The van der Waals surface area contributed by atoms with Gasteiger partial charge < -0.3 is 10.2 Å². The third-order valence-corrected chi connectivity index (χ3v) is 3.57. The third-order valence-electron chi connectivity index (χ3n) is 3.57. The Morgan fingerprint density at radius 1 is 1.35 bits per heavy atom. The Balaban J connectivity index is 2.03. The smallest absolute Gasteiger partial charge is 0.128 e. The van der Waals surface area contributed by atoms with E-state index < -0.39 is 0 Å². The summed E-state index contributed by atoms with van der Waals surface area (Å²) in [6, 6.07) is 5.98. The zero-order valence-corrected chi connectivity index (χ0v) is 10.7. The highest BCUT2D eigenvalue weighted by Crippen LogP contribution is 2.25. The number of hydrogen-bond acceptors (Lipinski definition) is 2. The average molecular weight is 236 g/mol. The molecule has 1 fully saturated rings. The molecular weight excluding hydrogens is 215 g/mol. The second-order valence-corrected chi connectivity index (χ2v) is 4.70. The van der Waals surface area contributed by atoms with Crippen LogP contribution in [0.5, 0.6) is 0 Å². The number of benzene rings is 1. The maximum atomic E-state index is 13.5. The standard InChI is InChI=1S/C14H21FN2/c1-3-16-12-7-9-17(10-8-12)14-6-4-5-13(15)11(14)2/h4-6,12,16H,3,7-10H2,1-2H3. The molecule has 1 N–H and O–H groups in total. The van der Waals surface area contributed by atoms with Crippen molar-refractivity contribution in [3.8, 4) is 0 Å². The van der Waals surface area contributed by atoms with Crippen molar-refractivity contribution in [1.29, 1.82) is 0 Å². The van der Waals surface area contributed by atoms with Gasteiger partial charge in [0.05, 0.1) is 0 Å². The zero-order valence-electron chi connectivity index (χ0n) is 10.7. The lowest BCUT2D eigenvalue weighted by Crippen LogP contribution is -2.42. The van der Waals surface area contributed by atoms with Crippen LogP contribution in [0.15, 0.2) is 18.2 Å². The largest absolute Gasteiger partial charge is 0.371 e. The summed E-state index contributed by atoms with van der Waals surface area (Å²) < 4.78 is 13.5. The van der Waals surface area contributed by atoms with Crippen LogP contribution in [0.25, 0.3) is 0 Å². The van der Waals surface area contributed by atoms with Gasteiger partial charge in [-0.15, -0.1) is 0 Å². The molecule has 1 aliphatic heterocycles. The molecule has 1 heterocycles. The van der Waals surface area contributed by atoms with E-state index in [2.05, 4.69) is 17.1 Å². The summed E-state index contributed by atoms with van der Waals surface area (Å²) >= 11 is 0. The van der Waals surface area contributed by atoms with Crippen LogP contribution in [0.4, 0.5) is 10.1 Å². The first-order valence-corrected chi connectivity index (χ1v) is 6.45. The first-order chi connectivity index (χ1) is 8.22. The van der Waals surface area contributed by atoms with Crippen molar-refractivity contribution in [3.05, 3.63) is 29.6 Å². The molecule has 94 valence electrons. The van der Waals surface area contributed by atoms with Gasteiger partial charge in [0, 0.05) is 30.4 Å². The minimum Gasteiger partial charge on any atom is -0.371 e. The quantitative estimate of drug-likeness (QED) is 0.868. The maximum absolute atomic E-state index is 13.5. The van der Waals surface area contributed by atoms with E-state index >= 15 is 0 Å². The number of hydrogen-bond donors (Lipinski definition) is 1. The van der Waals surface area contributed by atoms with E-state index in [1.165, 1.54) is 6.07 Å². The molecule has 1 aromatic carbocycles. The monoisotopic (exact) mass is 236 g/mol. The predicted molar refractivity (Wildman–Crippen MR) is 70.0 cm³/mol. The van der Waals surface area contributed by atoms with Gasteiger partial charge in [0.2, 0.25) is 0 Å². The summed E-state index contributed by atoms with van der Waals surface area (Å²) in [7, 11) is 0. The van der Waals surface area contributed by atoms with Gasteiger partial charge >= 0.3 is 0 Å². The molecule has 1 aromatic rings. The second-order valence-electron chi connectivity index (χ2n) is 4.70. The maximum Gasteiger partial charge on any atom is 0.128 e. The lowest BCUT2D eigenvalue weighted by Gasteiger charge is -2.34. The van der Waals surface area contributed by atoms with Crippen molar-refractivity contribution in [2.24, 2.45) is 0 Å². The minimum atomic E-state index is -0.101. The molecule has 2 rings (SSSR count). The first-order valence-electron chi connectivity index (χ1n) is 6.45. The molecule has 0 unspecified atom stereocenters. The molecule has 2 nitrogen and oxygen atoms in total. The molecule has 1 aliphatic rings. The topological polar surface area (TPSA) is 15.3 Å². The molecule has 1 saturated heterocycles. The molecule has 0 radical (unpaired) electrons. The predicted octanol–water partition coefficient (Wildman–Crippen LogP) is 2.71. The van der Waals surface area contributed by atoms with E-state index in [1.54, 1.807) is 6.07 Å². The van der Waals surface area contributed by atoms with Crippen LogP contribution in [0.3, 0.4) is 0 Å². The highest BCUT2D eigenvalue weighted by atomic mass is 19.1. The summed E-state index contributed by atoms with van der Waals surface area (Å²) in [6.45, 7) is 7.07. The van der Waals surface area contributed by atoms with E-state index in [0.717, 1.165) is 43.7 Å². The van der Waals surface area contributed by atoms with Gasteiger partial charge in [-0.25, -0.2) is 4.39 Å². The molecular formula is C14H21FN2. The van der Waals surface area contributed by atoms with Gasteiger partial charge in [0.1, 0.15) is 5.82 Å². The van der Waals surface area contributed by atoms with E-state index in [4.69, 9.17) is 0 Å². The Bertz CT molecular complexity index is 370. The molecule has 0 bridgehead atoms. The van der Waals surface area contributed by atoms with Crippen molar-refractivity contribution >= 4 is 5.69 Å². The Kier molecular flexibility index (Phi) is 4.00. The van der Waals surface area contributed by atoms with Crippen LogP contribution in [0, 0.1) is 12.7 Å². The fourth-order valence-electron chi connectivity index (χ4n) is 2.55. The molecule has 0 saturated carbocycles. The Hall–Kier alpha value is -1.09. The SMILES string of the molecule is CCNC1CCN(c2cccc(F)c2C)CC1. The van der Waals surface area contributed by atoms with Crippen molar-refractivity contribution in [2.75, 3.05) is 24.5 Å². The van der Waals surface area contributed by atoms with Crippen LogP contribution in [-0.4, -0.2) is 25.7 Å². The molecule has 0 aromatic heterocycles. The van der Waals surface area contributed by atoms with Crippen LogP contribution >= 0.6 is 0 Å². The number of piperidine rings is 1. The highest BCUT2D eigenvalue weighted by molar-refractivity contribution is 5.53. The molecule has 17 heavy (non-hydrogen) atoms. The van der Waals surface area contributed by atoms with E-state index in [9.17, 15) is 4.39 Å². The average Bonchev–Trinajstić information content (AvgIpc) is 2.34. The van der Waals surface area contributed by atoms with E-state index in [0.29, 0.717) is 6.04 Å². The first kappa shape index (κ1) is 12.4. The summed E-state index contributed by atoms with van der Waals surface area (Å²) in [5.74, 6) is -0.101. The van der Waals surface area contributed by atoms with Gasteiger partial charge in [-0.3, -0.25) is 0 Å². The van der Waals surface area contributed by atoms with Crippen molar-refractivity contribution in [3.63, 3.8) is 0 Å². The van der Waals surface area contributed by atoms with Crippen LogP contribution in [0.1, 0.15) is 25.3 Å². The van der Waals surface area contributed by atoms with Gasteiger partial charge in [-0.1, -0.05) is 13.0 Å². The molecule has 0 spiro atoms. The fourth-order valence-corrected chi connectivity index (χ4v) is 2.55. The number of rotatable bonds is 3. The van der Waals surface area contributed by atoms with Crippen molar-refractivity contribution < 1.29 is 4.39 Å². The number of nitrogens with zero attached hydrogens (tertiary/aromatic N) is 1. The lowest BCUT2D eigenvalue weighted by atomic mass is 10.0. The normalized spacial score (nSPS) is 17.5. The molecule has 0 amide bonds. The van der Waals surface area contributed by atoms with Crippen LogP contribution in [0.2, 0.25) is 0 Å². The zero-order chi connectivity index (χ0) is 12.3. The lowest BCUT2D eigenvalue weighted by molar-refractivity contribution is 0.423. The van der Waals surface area contributed by atoms with Crippen molar-refractivity contribution in [1.82, 2.24) is 5.32 Å². The number of anilines is 1. The Morgan fingerprint density at radius 3 is 2.71 bits per heavy atom. The molecule has 0 atom stereocenters.